The van der Waals surface area contributed by atoms with Gasteiger partial charge in [-0.05, 0) is 75.0 Å². The molecule has 2 unspecified atom stereocenters. The third-order valence-corrected chi connectivity index (χ3v) is 6.94. The van der Waals surface area contributed by atoms with Crippen LogP contribution in [0.25, 0.3) is 0 Å². The first-order valence-electron chi connectivity index (χ1n) is 12.3. The molecule has 0 bridgehead atoms. The lowest BCUT2D eigenvalue weighted by atomic mass is 9.64. The number of fused-ring (bicyclic) bond motifs is 1. The van der Waals surface area contributed by atoms with Crippen LogP contribution in [-0.4, -0.2) is 41.6 Å². The molecule has 1 aliphatic heterocycles. The van der Waals surface area contributed by atoms with Crippen molar-refractivity contribution in [2.75, 3.05) is 6.54 Å². The fourth-order valence-electron chi connectivity index (χ4n) is 5.13. The Balaban J connectivity index is 1.45. The van der Waals surface area contributed by atoms with Gasteiger partial charge in [0, 0.05) is 24.7 Å². The molecule has 2 aliphatic rings. The van der Waals surface area contributed by atoms with E-state index in [4.69, 9.17) is 4.65 Å². The standard InChI is InChI=1S/C25H38BNO5/c1-17(2)6-5-13-27-21-9-3-7-18(11-12-21)14-22(28)16-20-15-19-8-4-10-23(25(29)30)24(19)32-26(20)31/h4,8,10,17-18,20-21,27,31H,3,5-7,9,11-16H2,1-2H3,(H,29,30)/t18?,20-,21?/m1/s1. The molecular weight excluding hydrogens is 405 g/mol. The van der Waals surface area contributed by atoms with Crippen LogP contribution in [0.15, 0.2) is 18.2 Å². The van der Waals surface area contributed by atoms with Gasteiger partial charge in [0.1, 0.15) is 11.5 Å². The molecule has 1 aromatic carbocycles. The summed E-state index contributed by atoms with van der Waals surface area (Å²) in [6.07, 6.45) is 9.39. The van der Waals surface area contributed by atoms with Crippen LogP contribution in [-0.2, 0) is 11.2 Å². The lowest BCUT2D eigenvalue weighted by Crippen LogP contribution is -2.36. The lowest BCUT2D eigenvalue weighted by Gasteiger charge is -2.28. The number of para-hydroxylation sites is 1. The summed E-state index contributed by atoms with van der Waals surface area (Å²) in [6.45, 7) is 5.60. The fraction of sp³-hybridized carbons (Fsp3) is 0.680. The van der Waals surface area contributed by atoms with Crippen molar-refractivity contribution in [1.29, 1.82) is 0 Å². The molecule has 7 heteroatoms. The van der Waals surface area contributed by atoms with Gasteiger partial charge in [-0.15, -0.1) is 0 Å². The molecule has 6 nitrogen and oxygen atoms in total. The molecule has 1 heterocycles. The number of carbonyl (C=O) groups excluding carboxylic acids is 1. The van der Waals surface area contributed by atoms with Crippen molar-refractivity contribution in [2.24, 2.45) is 11.8 Å². The van der Waals surface area contributed by atoms with Gasteiger partial charge >= 0.3 is 13.1 Å². The SMILES string of the molecule is CC(C)CCCNC1CCCC(CC(=O)C[C@H]2Cc3cccc(C(=O)O)c3OB2O)CC1. The largest absolute Gasteiger partial charge is 0.535 e. The molecule has 0 amide bonds. The Bertz CT molecular complexity index is 784. The van der Waals surface area contributed by atoms with Crippen LogP contribution in [0.5, 0.6) is 5.75 Å². The van der Waals surface area contributed by atoms with Crippen molar-refractivity contribution in [3.05, 3.63) is 29.3 Å². The average Bonchev–Trinajstić information content (AvgIpc) is 2.96. The molecule has 1 fully saturated rings. The number of aromatic carboxylic acids is 1. The molecule has 176 valence electrons. The van der Waals surface area contributed by atoms with Crippen LogP contribution in [0.3, 0.4) is 0 Å². The van der Waals surface area contributed by atoms with Gasteiger partial charge < -0.3 is 20.1 Å². The Hall–Kier alpha value is -1.86. The molecule has 0 spiro atoms. The Morgan fingerprint density at radius 3 is 2.75 bits per heavy atom. The molecule has 32 heavy (non-hydrogen) atoms. The second-order valence-electron chi connectivity index (χ2n) is 10.1. The Kier molecular flexibility index (Phi) is 9.17. The highest BCUT2D eigenvalue weighted by molar-refractivity contribution is 6.47. The summed E-state index contributed by atoms with van der Waals surface area (Å²) in [7, 11) is -1.15. The smallest absolute Gasteiger partial charge is 0.526 e. The molecule has 3 N–H and O–H groups in total. The quantitative estimate of drug-likeness (QED) is 0.280. The number of Topliss-reactive ketones (excluding diaryl/α,β-unsaturated/α-hetero) is 1. The molecule has 0 radical (unpaired) electrons. The minimum absolute atomic E-state index is 0.0529. The number of ketones is 1. The fourth-order valence-corrected chi connectivity index (χ4v) is 5.13. The molecule has 1 aliphatic carbocycles. The Morgan fingerprint density at radius 2 is 2.00 bits per heavy atom. The van der Waals surface area contributed by atoms with Crippen molar-refractivity contribution in [3.8, 4) is 5.75 Å². The summed E-state index contributed by atoms with van der Waals surface area (Å²) in [5.41, 5.74) is 0.797. The number of hydrogen-bond acceptors (Lipinski definition) is 5. The van der Waals surface area contributed by atoms with Crippen LogP contribution in [0.2, 0.25) is 5.82 Å². The minimum atomic E-state index is -1.15. The monoisotopic (exact) mass is 443 g/mol. The molecule has 0 aromatic heterocycles. The molecule has 0 saturated heterocycles. The highest BCUT2D eigenvalue weighted by Gasteiger charge is 2.38. The predicted molar refractivity (Wildman–Crippen MR) is 126 cm³/mol. The minimum Gasteiger partial charge on any atom is -0.535 e. The molecule has 1 aromatic rings. The average molecular weight is 443 g/mol. The predicted octanol–water partition coefficient (Wildman–Crippen LogP) is 4.49. The summed E-state index contributed by atoms with van der Waals surface area (Å²) in [5.74, 6) is 0.153. The van der Waals surface area contributed by atoms with Crippen LogP contribution in [0.1, 0.15) is 87.6 Å². The number of carboxylic acid groups (broad SMARTS) is 1. The van der Waals surface area contributed by atoms with Crippen LogP contribution >= 0.6 is 0 Å². The van der Waals surface area contributed by atoms with Crippen molar-refractivity contribution >= 4 is 18.9 Å². The summed E-state index contributed by atoms with van der Waals surface area (Å²) < 4.78 is 5.54. The highest BCUT2D eigenvalue weighted by Crippen LogP contribution is 2.37. The maximum Gasteiger partial charge on any atom is 0.526 e. The first kappa shape index (κ1) is 24.8. The van der Waals surface area contributed by atoms with E-state index in [1.807, 2.05) is 6.07 Å². The number of nitrogens with one attached hydrogen (secondary N) is 1. The maximum atomic E-state index is 12.8. The normalized spacial score (nSPS) is 23.4. The summed E-state index contributed by atoms with van der Waals surface area (Å²) in [4.78, 5) is 24.2. The van der Waals surface area contributed by atoms with E-state index in [1.165, 1.54) is 25.3 Å². The van der Waals surface area contributed by atoms with E-state index in [0.29, 0.717) is 24.8 Å². The van der Waals surface area contributed by atoms with Crippen LogP contribution in [0, 0.1) is 11.8 Å². The van der Waals surface area contributed by atoms with Gasteiger partial charge in [-0.2, -0.15) is 0 Å². The van der Waals surface area contributed by atoms with Crippen molar-refractivity contribution in [1.82, 2.24) is 5.32 Å². The van der Waals surface area contributed by atoms with Gasteiger partial charge in [-0.3, -0.25) is 4.79 Å². The number of rotatable bonds is 10. The van der Waals surface area contributed by atoms with E-state index in [-0.39, 0.29) is 29.3 Å². The van der Waals surface area contributed by atoms with Crippen LogP contribution in [0.4, 0.5) is 0 Å². The van der Waals surface area contributed by atoms with E-state index in [9.17, 15) is 19.7 Å². The summed E-state index contributed by atoms with van der Waals surface area (Å²) in [6, 6.07) is 5.53. The number of carboxylic acids is 1. The third kappa shape index (κ3) is 7.07. The molecular formula is C25H38BNO5. The van der Waals surface area contributed by atoms with E-state index in [0.717, 1.165) is 43.7 Å². The summed E-state index contributed by atoms with van der Waals surface area (Å²) >= 11 is 0. The third-order valence-electron chi connectivity index (χ3n) is 6.94. The number of carbonyl (C=O) groups is 2. The van der Waals surface area contributed by atoms with Gasteiger partial charge in [0.15, 0.2) is 0 Å². The first-order chi connectivity index (χ1) is 15.3. The summed E-state index contributed by atoms with van der Waals surface area (Å²) in [5, 5.41) is 23.4. The zero-order valence-electron chi connectivity index (χ0n) is 19.5. The van der Waals surface area contributed by atoms with E-state index >= 15 is 0 Å². The lowest BCUT2D eigenvalue weighted by molar-refractivity contribution is -0.120. The van der Waals surface area contributed by atoms with Gasteiger partial charge in [-0.25, -0.2) is 4.79 Å². The zero-order valence-corrected chi connectivity index (χ0v) is 19.5. The van der Waals surface area contributed by atoms with E-state index < -0.39 is 13.1 Å². The molecule has 3 rings (SSSR count). The van der Waals surface area contributed by atoms with E-state index in [1.54, 1.807) is 6.07 Å². The van der Waals surface area contributed by atoms with Crippen molar-refractivity contribution < 1.29 is 24.4 Å². The van der Waals surface area contributed by atoms with Gasteiger partial charge in [0.25, 0.3) is 0 Å². The topological polar surface area (TPSA) is 95.9 Å². The second-order valence-corrected chi connectivity index (χ2v) is 10.1. The first-order valence-corrected chi connectivity index (χ1v) is 12.3. The van der Waals surface area contributed by atoms with Gasteiger partial charge in [0.2, 0.25) is 0 Å². The van der Waals surface area contributed by atoms with Gasteiger partial charge in [0.05, 0.1) is 5.56 Å². The highest BCUT2D eigenvalue weighted by atomic mass is 16.5. The molecule has 1 saturated carbocycles. The Morgan fingerprint density at radius 1 is 1.19 bits per heavy atom. The van der Waals surface area contributed by atoms with Crippen molar-refractivity contribution in [3.63, 3.8) is 0 Å². The molecule has 3 atom stereocenters. The number of hydrogen-bond donors (Lipinski definition) is 3. The zero-order chi connectivity index (χ0) is 23.1. The Labute approximate surface area is 192 Å². The number of benzene rings is 1. The van der Waals surface area contributed by atoms with Gasteiger partial charge in [-0.1, -0.05) is 32.4 Å². The van der Waals surface area contributed by atoms with E-state index in [2.05, 4.69) is 19.2 Å². The maximum absolute atomic E-state index is 12.8. The van der Waals surface area contributed by atoms with Crippen LogP contribution < -0.4 is 9.97 Å². The van der Waals surface area contributed by atoms with Crippen molar-refractivity contribution in [2.45, 2.75) is 89.9 Å². The second kappa shape index (κ2) is 11.8.